The standard InChI is InChI=1S/C13H19ClN2/c14-11-12-10-13(6-7-15-12)16-8-4-2-1-3-5-9-16/h6-7,10H,1-5,8-9,11H2. The van der Waals surface area contributed by atoms with E-state index in [1.165, 1.54) is 50.9 Å². The third-order valence-electron chi connectivity index (χ3n) is 3.16. The van der Waals surface area contributed by atoms with Gasteiger partial charge in [-0.05, 0) is 25.0 Å². The van der Waals surface area contributed by atoms with Crippen molar-refractivity contribution in [2.24, 2.45) is 0 Å². The minimum absolute atomic E-state index is 0.502. The van der Waals surface area contributed by atoms with Gasteiger partial charge in [-0.1, -0.05) is 19.3 Å². The number of anilines is 1. The molecule has 1 aliphatic rings. The topological polar surface area (TPSA) is 16.1 Å². The Labute approximate surface area is 103 Å². The number of pyridine rings is 1. The minimum Gasteiger partial charge on any atom is -0.371 e. The Kier molecular flexibility index (Phi) is 4.46. The first-order chi connectivity index (χ1) is 7.90. The van der Waals surface area contributed by atoms with Crippen molar-refractivity contribution in [3.63, 3.8) is 0 Å². The second-order valence-electron chi connectivity index (χ2n) is 4.39. The fourth-order valence-corrected chi connectivity index (χ4v) is 2.39. The van der Waals surface area contributed by atoms with Gasteiger partial charge in [-0.15, -0.1) is 11.6 Å². The summed E-state index contributed by atoms with van der Waals surface area (Å²) >= 11 is 5.82. The summed E-state index contributed by atoms with van der Waals surface area (Å²) in [5, 5.41) is 0. The molecular formula is C13H19ClN2. The molecule has 0 amide bonds. The van der Waals surface area contributed by atoms with E-state index < -0.39 is 0 Å². The van der Waals surface area contributed by atoms with E-state index in [2.05, 4.69) is 22.0 Å². The lowest BCUT2D eigenvalue weighted by Gasteiger charge is -2.27. The van der Waals surface area contributed by atoms with Crippen LogP contribution in [0.1, 0.15) is 37.8 Å². The van der Waals surface area contributed by atoms with Crippen molar-refractivity contribution in [2.45, 2.75) is 38.0 Å². The lowest BCUT2D eigenvalue weighted by molar-refractivity contribution is 0.556. The van der Waals surface area contributed by atoms with Crippen molar-refractivity contribution in [1.29, 1.82) is 0 Å². The largest absolute Gasteiger partial charge is 0.371 e. The molecule has 1 aromatic heterocycles. The van der Waals surface area contributed by atoms with Gasteiger partial charge in [-0.3, -0.25) is 4.98 Å². The van der Waals surface area contributed by atoms with Gasteiger partial charge in [0.1, 0.15) is 0 Å². The van der Waals surface area contributed by atoms with Gasteiger partial charge in [0.15, 0.2) is 0 Å². The Bertz CT molecular complexity index is 319. The molecule has 3 heteroatoms. The van der Waals surface area contributed by atoms with E-state index in [1.807, 2.05) is 6.20 Å². The van der Waals surface area contributed by atoms with E-state index in [9.17, 15) is 0 Å². The molecule has 16 heavy (non-hydrogen) atoms. The zero-order valence-corrected chi connectivity index (χ0v) is 10.4. The lowest BCUT2D eigenvalue weighted by atomic mass is 10.1. The quantitative estimate of drug-likeness (QED) is 0.732. The van der Waals surface area contributed by atoms with Crippen molar-refractivity contribution in [3.8, 4) is 0 Å². The van der Waals surface area contributed by atoms with Crippen molar-refractivity contribution < 1.29 is 0 Å². The van der Waals surface area contributed by atoms with Gasteiger partial charge in [-0.25, -0.2) is 0 Å². The number of hydrogen-bond acceptors (Lipinski definition) is 2. The molecule has 0 spiro atoms. The van der Waals surface area contributed by atoms with E-state index in [0.29, 0.717) is 5.88 Å². The summed E-state index contributed by atoms with van der Waals surface area (Å²) in [6.07, 6.45) is 8.61. The summed E-state index contributed by atoms with van der Waals surface area (Å²) < 4.78 is 0. The van der Waals surface area contributed by atoms with Gasteiger partial charge in [-0.2, -0.15) is 0 Å². The second kappa shape index (κ2) is 6.09. The van der Waals surface area contributed by atoms with Gasteiger partial charge < -0.3 is 4.90 Å². The van der Waals surface area contributed by atoms with E-state index in [0.717, 1.165) is 5.69 Å². The summed E-state index contributed by atoms with van der Waals surface area (Å²) in [6, 6.07) is 4.21. The number of aromatic nitrogens is 1. The smallest absolute Gasteiger partial charge is 0.0648 e. The SMILES string of the molecule is ClCc1cc(N2CCCCCCC2)ccn1. The molecule has 2 heterocycles. The molecule has 0 aromatic carbocycles. The predicted molar refractivity (Wildman–Crippen MR) is 69.1 cm³/mol. The molecule has 0 bridgehead atoms. The van der Waals surface area contributed by atoms with E-state index in [-0.39, 0.29) is 0 Å². The first-order valence-electron chi connectivity index (χ1n) is 6.16. The third kappa shape index (κ3) is 3.11. The van der Waals surface area contributed by atoms with E-state index >= 15 is 0 Å². The van der Waals surface area contributed by atoms with Crippen LogP contribution in [0.3, 0.4) is 0 Å². The molecule has 88 valence electrons. The Hall–Kier alpha value is -0.760. The number of rotatable bonds is 2. The Morgan fingerprint density at radius 1 is 1.12 bits per heavy atom. The van der Waals surface area contributed by atoms with Crippen LogP contribution >= 0.6 is 11.6 Å². The highest BCUT2D eigenvalue weighted by Crippen LogP contribution is 2.19. The molecule has 0 N–H and O–H groups in total. The summed E-state index contributed by atoms with van der Waals surface area (Å²) in [6.45, 7) is 2.34. The Morgan fingerprint density at radius 3 is 2.50 bits per heavy atom. The van der Waals surface area contributed by atoms with E-state index in [1.54, 1.807) is 0 Å². The van der Waals surface area contributed by atoms with Crippen LogP contribution in [0, 0.1) is 0 Å². The third-order valence-corrected chi connectivity index (χ3v) is 3.43. The van der Waals surface area contributed by atoms with Crippen molar-refractivity contribution in [1.82, 2.24) is 4.98 Å². The Balaban J connectivity index is 2.07. The number of nitrogens with zero attached hydrogens (tertiary/aromatic N) is 2. The highest BCUT2D eigenvalue weighted by atomic mass is 35.5. The molecule has 0 aliphatic carbocycles. The van der Waals surface area contributed by atoms with Gasteiger partial charge in [0, 0.05) is 25.0 Å². The van der Waals surface area contributed by atoms with Crippen LogP contribution in [0.4, 0.5) is 5.69 Å². The maximum absolute atomic E-state index is 5.82. The Morgan fingerprint density at radius 2 is 1.81 bits per heavy atom. The first-order valence-corrected chi connectivity index (χ1v) is 6.69. The molecule has 1 fully saturated rings. The molecule has 0 unspecified atom stereocenters. The average Bonchev–Trinajstić information content (AvgIpc) is 2.29. The summed E-state index contributed by atoms with van der Waals surface area (Å²) in [5.74, 6) is 0.502. The van der Waals surface area contributed by atoms with Crippen molar-refractivity contribution in [3.05, 3.63) is 24.0 Å². The normalized spacial score (nSPS) is 17.9. The monoisotopic (exact) mass is 238 g/mol. The van der Waals surface area contributed by atoms with Gasteiger partial charge in [0.05, 0.1) is 11.6 Å². The fourth-order valence-electron chi connectivity index (χ4n) is 2.24. The van der Waals surface area contributed by atoms with E-state index in [4.69, 9.17) is 11.6 Å². The highest BCUT2D eigenvalue weighted by molar-refractivity contribution is 6.16. The second-order valence-corrected chi connectivity index (χ2v) is 4.66. The van der Waals surface area contributed by atoms with Crippen LogP contribution in [-0.2, 0) is 5.88 Å². The average molecular weight is 239 g/mol. The maximum atomic E-state index is 5.82. The lowest BCUT2D eigenvalue weighted by Crippen LogP contribution is -2.27. The highest BCUT2D eigenvalue weighted by Gasteiger charge is 2.09. The predicted octanol–water partition coefficient (Wildman–Crippen LogP) is 3.59. The molecule has 2 rings (SSSR count). The molecule has 0 radical (unpaired) electrons. The fraction of sp³-hybridized carbons (Fsp3) is 0.615. The van der Waals surface area contributed by atoms with Crippen molar-refractivity contribution in [2.75, 3.05) is 18.0 Å². The van der Waals surface area contributed by atoms with Crippen LogP contribution in [-0.4, -0.2) is 18.1 Å². The number of hydrogen-bond donors (Lipinski definition) is 0. The number of alkyl halides is 1. The number of halogens is 1. The van der Waals surface area contributed by atoms with Crippen LogP contribution in [0.5, 0.6) is 0 Å². The molecule has 1 aromatic rings. The molecule has 0 atom stereocenters. The molecule has 1 aliphatic heterocycles. The van der Waals surface area contributed by atoms with Gasteiger partial charge in [0.25, 0.3) is 0 Å². The van der Waals surface area contributed by atoms with Crippen LogP contribution in [0.25, 0.3) is 0 Å². The maximum Gasteiger partial charge on any atom is 0.0648 e. The molecular weight excluding hydrogens is 220 g/mol. The van der Waals surface area contributed by atoms with Gasteiger partial charge in [0.2, 0.25) is 0 Å². The summed E-state index contributed by atoms with van der Waals surface area (Å²) in [4.78, 5) is 6.71. The van der Waals surface area contributed by atoms with Gasteiger partial charge >= 0.3 is 0 Å². The minimum atomic E-state index is 0.502. The summed E-state index contributed by atoms with van der Waals surface area (Å²) in [5.41, 5.74) is 2.26. The van der Waals surface area contributed by atoms with Crippen molar-refractivity contribution >= 4 is 17.3 Å². The first kappa shape index (κ1) is 11.7. The molecule has 2 nitrogen and oxygen atoms in total. The summed E-state index contributed by atoms with van der Waals surface area (Å²) in [7, 11) is 0. The molecule has 0 saturated carbocycles. The molecule has 1 saturated heterocycles. The zero-order chi connectivity index (χ0) is 11.2. The van der Waals surface area contributed by atoms with Crippen LogP contribution < -0.4 is 4.90 Å². The van der Waals surface area contributed by atoms with Crippen LogP contribution in [0.2, 0.25) is 0 Å². The zero-order valence-electron chi connectivity index (χ0n) is 9.66. The van der Waals surface area contributed by atoms with Crippen LogP contribution in [0.15, 0.2) is 18.3 Å².